The van der Waals surface area contributed by atoms with Crippen LogP contribution in [0.4, 0.5) is 5.82 Å². The number of carbonyl (C=O) groups is 1. The molecule has 1 aliphatic carbocycles. The lowest BCUT2D eigenvalue weighted by Gasteiger charge is -2.09. The molecule has 20 heavy (non-hydrogen) atoms. The van der Waals surface area contributed by atoms with Crippen LogP contribution in [0.5, 0.6) is 5.75 Å². The van der Waals surface area contributed by atoms with Crippen molar-refractivity contribution in [1.29, 1.82) is 0 Å². The van der Waals surface area contributed by atoms with E-state index in [4.69, 9.17) is 0 Å². The second kappa shape index (κ2) is 5.36. The minimum Gasteiger partial charge on any atom is -0.508 e. The Morgan fingerprint density at radius 3 is 2.95 bits per heavy atom. The van der Waals surface area contributed by atoms with Crippen LogP contribution in [0.3, 0.4) is 0 Å². The Labute approximate surface area is 117 Å². The normalized spacial score (nSPS) is 14.2. The number of amides is 1. The molecular formula is C15H17N3O2. The molecule has 1 saturated carbocycles. The van der Waals surface area contributed by atoms with Crippen LogP contribution in [0.25, 0.3) is 10.8 Å². The molecule has 2 aromatic rings. The Morgan fingerprint density at radius 1 is 1.30 bits per heavy atom. The standard InChI is InChI=1S/C15H17N3O2/c19-12-4-3-10-5-6-16-14(13(10)9-12)17-7-8-18-15(20)11-1-2-11/h3-6,9,11,19H,1-2,7-8H2,(H,16,17)(H,18,20). The smallest absolute Gasteiger partial charge is 0.223 e. The zero-order valence-corrected chi connectivity index (χ0v) is 11.1. The molecule has 0 bridgehead atoms. The molecule has 1 aromatic carbocycles. The Hall–Kier alpha value is -2.30. The largest absolute Gasteiger partial charge is 0.508 e. The Morgan fingerprint density at radius 2 is 2.15 bits per heavy atom. The number of nitrogens with one attached hydrogen (secondary N) is 2. The number of hydrogen-bond acceptors (Lipinski definition) is 4. The van der Waals surface area contributed by atoms with Crippen molar-refractivity contribution in [3.05, 3.63) is 30.5 Å². The Bertz CT molecular complexity index is 638. The fourth-order valence-corrected chi connectivity index (χ4v) is 2.15. The number of benzene rings is 1. The van der Waals surface area contributed by atoms with Gasteiger partial charge in [-0.1, -0.05) is 6.07 Å². The average molecular weight is 271 g/mol. The number of aromatic nitrogens is 1. The van der Waals surface area contributed by atoms with Gasteiger partial charge in [-0.2, -0.15) is 0 Å². The maximum Gasteiger partial charge on any atom is 0.223 e. The van der Waals surface area contributed by atoms with E-state index in [-0.39, 0.29) is 17.6 Å². The summed E-state index contributed by atoms with van der Waals surface area (Å²) in [6.45, 7) is 1.19. The van der Waals surface area contributed by atoms with E-state index in [1.54, 1.807) is 18.3 Å². The number of phenols is 1. The fourth-order valence-electron chi connectivity index (χ4n) is 2.15. The van der Waals surface area contributed by atoms with Crippen molar-refractivity contribution >= 4 is 22.5 Å². The van der Waals surface area contributed by atoms with Gasteiger partial charge in [0.25, 0.3) is 0 Å². The summed E-state index contributed by atoms with van der Waals surface area (Å²) < 4.78 is 0. The van der Waals surface area contributed by atoms with E-state index in [1.165, 1.54) is 0 Å². The van der Waals surface area contributed by atoms with E-state index in [0.29, 0.717) is 13.1 Å². The Balaban J connectivity index is 1.62. The molecule has 0 atom stereocenters. The topological polar surface area (TPSA) is 74.2 Å². The number of anilines is 1. The first kappa shape index (κ1) is 12.7. The number of aromatic hydroxyl groups is 1. The van der Waals surface area contributed by atoms with Crippen LogP contribution in [0, 0.1) is 5.92 Å². The van der Waals surface area contributed by atoms with Crippen LogP contribution >= 0.6 is 0 Å². The number of rotatable bonds is 5. The van der Waals surface area contributed by atoms with Gasteiger partial charge in [0.05, 0.1) is 0 Å². The first-order chi connectivity index (χ1) is 9.74. The third kappa shape index (κ3) is 2.82. The highest BCUT2D eigenvalue weighted by Gasteiger charge is 2.28. The quantitative estimate of drug-likeness (QED) is 0.726. The molecule has 3 rings (SSSR count). The second-order valence-electron chi connectivity index (χ2n) is 5.06. The van der Waals surface area contributed by atoms with Crippen molar-refractivity contribution in [2.75, 3.05) is 18.4 Å². The van der Waals surface area contributed by atoms with E-state index in [9.17, 15) is 9.90 Å². The number of nitrogens with zero attached hydrogens (tertiary/aromatic N) is 1. The van der Waals surface area contributed by atoms with Gasteiger partial charge in [0.2, 0.25) is 5.91 Å². The average Bonchev–Trinajstić information content (AvgIpc) is 3.28. The van der Waals surface area contributed by atoms with Crippen LogP contribution in [-0.2, 0) is 4.79 Å². The SMILES string of the molecule is O=C(NCCNc1nccc2ccc(O)cc12)C1CC1. The number of hydrogen-bond donors (Lipinski definition) is 3. The van der Waals surface area contributed by atoms with Gasteiger partial charge in [-0.3, -0.25) is 4.79 Å². The number of pyridine rings is 1. The molecule has 1 heterocycles. The summed E-state index contributed by atoms with van der Waals surface area (Å²) in [4.78, 5) is 15.8. The van der Waals surface area contributed by atoms with Gasteiger partial charge in [-0.05, 0) is 36.4 Å². The predicted molar refractivity (Wildman–Crippen MR) is 77.6 cm³/mol. The minimum atomic E-state index is 0.148. The Kier molecular flexibility index (Phi) is 3.41. The molecule has 1 aliphatic rings. The third-order valence-corrected chi connectivity index (χ3v) is 3.41. The van der Waals surface area contributed by atoms with Crippen LogP contribution < -0.4 is 10.6 Å². The highest BCUT2D eigenvalue weighted by atomic mass is 16.3. The van der Waals surface area contributed by atoms with E-state index in [2.05, 4.69) is 15.6 Å². The van der Waals surface area contributed by atoms with Gasteiger partial charge in [-0.25, -0.2) is 4.98 Å². The molecule has 0 saturated heterocycles. The molecule has 1 fully saturated rings. The maximum atomic E-state index is 11.5. The first-order valence-electron chi connectivity index (χ1n) is 6.83. The van der Waals surface area contributed by atoms with Crippen molar-refractivity contribution < 1.29 is 9.90 Å². The lowest BCUT2D eigenvalue weighted by Crippen LogP contribution is -2.29. The summed E-state index contributed by atoms with van der Waals surface area (Å²) in [6, 6.07) is 7.09. The summed E-state index contributed by atoms with van der Waals surface area (Å²) in [5.41, 5.74) is 0. The first-order valence-corrected chi connectivity index (χ1v) is 6.83. The van der Waals surface area contributed by atoms with Crippen molar-refractivity contribution in [2.24, 2.45) is 5.92 Å². The lowest BCUT2D eigenvalue weighted by atomic mass is 10.1. The molecular weight excluding hydrogens is 254 g/mol. The summed E-state index contributed by atoms with van der Waals surface area (Å²) in [7, 11) is 0. The molecule has 104 valence electrons. The van der Waals surface area contributed by atoms with E-state index in [1.807, 2.05) is 12.1 Å². The summed E-state index contributed by atoms with van der Waals surface area (Å²) >= 11 is 0. The van der Waals surface area contributed by atoms with Crippen LogP contribution in [0.15, 0.2) is 30.5 Å². The summed E-state index contributed by atoms with van der Waals surface area (Å²) in [6.07, 6.45) is 3.76. The highest BCUT2D eigenvalue weighted by molar-refractivity contribution is 5.92. The van der Waals surface area contributed by atoms with Crippen LogP contribution in [0.2, 0.25) is 0 Å². The van der Waals surface area contributed by atoms with Gasteiger partial charge < -0.3 is 15.7 Å². The molecule has 1 amide bonds. The molecule has 0 radical (unpaired) electrons. The molecule has 0 aliphatic heterocycles. The number of phenolic OH excluding ortho intramolecular Hbond substituents is 1. The van der Waals surface area contributed by atoms with Gasteiger partial charge in [-0.15, -0.1) is 0 Å². The molecule has 5 heteroatoms. The second-order valence-corrected chi connectivity index (χ2v) is 5.06. The van der Waals surface area contributed by atoms with Gasteiger partial charge in [0.1, 0.15) is 11.6 Å². The maximum absolute atomic E-state index is 11.5. The zero-order chi connectivity index (χ0) is 13.9. The van der Waals surface area contributed by atoms with Crippen LogP contribution in [-0.4, -0.2) is 29.1 Å². The van der Waals surface area contributed by atoms with Gasteiger partial charge in [0, 0.05) is 30.6 Å². The third-order valence-electron chi connectivity index (χ3n) is 3.41. The zero-order valence-electron chi connectivity index (χ0n) is 11.1. The van der Waals surface area contributed by atoms with Crippen molar-refractivity contribution in [3.8, 4) is 5.75 Å². The predicted octanol–water partition coefficient (Wildman–Crippen LogP) is 1.88. The highest BCUT2D eigenvalue weighted by Crippen LogP contribution is 2.28. The van der Waals surface area contributed by atoms with Gasteiger partial charge >= 0.3 is 0 Å². The van der Waals surface area contributed by atoms with Crippen molar-refractivity contribution in [2.45, 2.75) is 12.8 Å². The summed E-state index contributed by atoms with van der Waals surface area (Å²) in [5, 5.41) is 17.5. The molecule has 0 spiro atoms. The summed E-state index contributed by atoms with van der Waals surface area (Å²) in [5.74, 6) is 1.33. The molecule has 5 nitrogen and oxygen atoms in total. The van der Waals surface area contributed by atoms with Crippen molar-refractivity contribution in [1.82, 2.24) is 10.3 Å². The van der Waals surface area contributed by atoms with Gasteiger partial charge in [0.15, 0.2) is 0 Å². The van der Waals surface area contributed by atoms with E-state index >= 15 is 0 Å². The van der Waals surface area contributed by atoms with E-state index in [0.717, 1.165) is 29.4 Å². The van der Waals surface area contributed by atoms with E-state index < -0.39 is 0 Å². The minimum absolute atomic E-state index is 0.148. The lowest BCUT2D eigenvalue weighted by molar-refractivity contribution is -0.122. The molecule has 1 aromatic heterocycles. The molecule has 3 N–H and O–H groups in total. The monoisotopic (exact) mass is 271 g/mol. The fraction of sp³-hybridized carbons (Fsp3) is 0.333. The number of carbonyl (C=O) groups excluding carboxylic acids is 1. The van der Waals surface area contributed by atoms with Crippen LogP contribution in [0.1, 0.15) is 12.8 Å². The number of fused-ring (bicyclic) bond motifs is 1. The molecule has 0 unspecified atom stereocenters. The van der Waals surface area contributed by atoms with Crippen molar-refractivity contribution in [3.63, 3.8) is 0 Å².